The molecule has 0 unspecified atom stereocenters. The van der Waals surface area contributed by atoms with E-state index in [1.54, 1.807) is 0 Å². The summed E-state index contributed by atoms with van der Waals surface area (Å²) in [5, 5.41) is 11.6. The van der Waals surface area contributed by atoms with Crippen LogP contribution in [0.2, 0.25) is 0 Å². The van der Waals surface area contributed by atoms with Crippen molar-refractivity contribution < 1.29 is 4.57 Å². The van der Waals surface area contributed by atoms with E-state index in [2.05, 4.69) is 109 Å². The average Bonchev–Trinajstić information content (AvgIpc) is 2.96. The van der Waals surface area contributed by atoms with Gasteiger partial charge in [-0.1, -0.05) is 127 Å². The van der Waals surface area contributed by atoms with Gasteiger partial charge in [0, 0.05) is 15.9 Å². The molecule has 170 valence electrons. The van der Waals surface area contributed by atoms with E-state index >= 15 is 4.57 Å². The molecule has 0 bridgehead atoms. The molecule has 0 aromatic heterocycles. The molecule has 7 rings (SSSR count). The molecule has 0 aliphatic rings. The summed E-state index contributed by atoms with van der Waals surface area (Å²) < 4.78 is 15.9. The number of benzene rings is 7. The van der Waals surface area contributed by atoms with E-state index in [0.29, 0.717) is 0 Å². The molecule has 0 fully saturated rings. The van der Waals surface area contributed by atoms with Gasteiger partial charge in [0.25, 0.3) is 0 Å². The summed E-state index contributed by atoms with van der Waals surface area (Å²) in [5.74, 6) is 0. The number of hydrogen-bond acceptors (Lipinski definition) is 1. The molecule has 0 saturated carbocycles. The first-order chi connectivity index (χ1) is 17.7. The molecule has 0 spiro atoms. The minimum atomic E-state index is -3.28. The highest BCUT2D eigenvalue weighted by atomic mass is 31.2. The maximum Gasteiger partial charge on any atom is 0.172 e. The quantitative estimate of drug-likeness (QED) is 0.186. The zero-order valence-electron chi connectivity index (χ0n) is 19.6. The lowest BCUT2D eigenvalue weighted by Crippen LogP contribution is -2.26. The molecule has 0 atom stereocenters. The second-order valence-electron chi connectivity index (χ2n) is 9.27. The molecule has 36 heavy (non-hydrogen) atoms. The Morgan fingerprint density at radius 1 is 0.361 bits per heavy atom. The van der Waals surface area contributed by atoms with E-state index in [-0.39, 0.29) is 0 Å². The molecule has 0 N–H and O–H groups in total. The predicted molar refractivity (Wildman–Crippen MR) is 156 cm³/mol. The second kappa shape index (κ2) is 8.19. The Labute approximate surface area is 210 Å². The zero-order chi connectivity index (χ0) is 24.1. The standard InChI is InChI=1S/C34H23OP/c35-36(26-14-2-1-3-15-26,33-22-24-12-4-6-16-27(24)29-18-8-10-20-31(29)33)34-23-25-13-5-7-17-28(25)30-19-9-11-21-32(30)34/h1-23H. The molecule has 7 aromatic carbocycles. The Kier molecular flexibility index (Phi) is 4.81. The van der Waals surface area contributed by atoms with Crippen molar-refractivity contribution in [2.45, 2.75) is 0 Å². The van der Waals surface area contributed by atoms with Crippen LogP contribution in [0.25, 0.3) is 43.1 Å². The Morgan fingerprint density at radius 3 is 1.19 bits per heavy atom. The van der Waals surface area contributed by atoms with Gasteiger partial charge in [0.2, 0.25) is 0 Å². The first-order valence-electron chi connectivity index (χ1n) is 12.2. The van der Waals surface area contributed by atoms with Gasteiger partial charge in [-0.05, 0) is 55.2 Å². The third-order valence-corrected chi connectivity index (χ3v) is 10.4. The fourth-order valence-electron chi connectivity index (χ4n) is 5.64. The molecule has 0 heterocycles. The van der Waals surface area contributed by atoms with Gasteiger partial charge in [-0.15, -0.1) is 0 Å². The lowest BCUT2D eigenvalue weighted by molar-refractivity contribution is 0.593. The molecule has 1 nitrogen and oxygen atoms in total. The van der Waals surface area contributed by atoms with Crippen molar-refractivity contribution in [1.29, 1.82) is 0 Å². The molecule has 2 heteroatoms. The van der Waals surface area contributed by atoms with Crippen LogP contribution in [0.4, 0.5) is 0 Å². The monoisotopic (exact) mass is 478 g/mol. The Bertz CT molecular complexity index is 1850. The fourth-order valence-corrected chi connectivity index (χ4v) is 8.75. The van der Waals surface area contributed by atoms with Gasteiger partial charge in [-0.2, -0.15) is 0 Å². The van der Waals surface area contributed by atoms with E-state index in [4.69, 9.17) is 0 Å². The maximum absolute atomic E-state index is 15.9. The second-order valence-corrected chi connectivity index (χ2v) is 12.0. The average molecular weight is 479 g/mol. The lowest BCUT2D eigenvalue weighted by Gasteiger charge is -2.25. The van der Waals surface area contributed by atoms with Crippen LogP contribution in [0, 0.1) is 0 Å². The van der Waals surface area contributed by atoms with Crippen LogP contribution in [-0.2, 0) is 4.57 Å². The van der Waals surface area contributed by atoms with Crippen molar-refractivity contribution in [2.75, 3.05) is 0 Å². The Hall–Kier alpha value is -4.19. The molecule has 0 aliphatic carbocycles. The summed E-state index contributed by atoms with van der Waals surface area (Å²) in [6.45, 7) is 0. The van der Waals surface area contributed by atoms with Gasteiger partial charge in [0.1, 0.15) is 0 Å². The third kappa shape index (κ3) is 3.07. The van der Waals surface area contributed by atoms with E-state index in [1.165, 1.54) is 10.8 Å². The summed E-state index contributed by atoms with van der Waals surface area (Å²) in [5.41, 5.74) is 0. The number of fused-ring (bicyclic) bond motifs is 6. The van der Waals surface area contributed by atoms with E-state index in [1.807, 2.05) is 30.3 Å². The van der Waals surface area contributed by atoms with Gasteiger partial charge < -0.3 is 4.57 Å². The summed E-state index contributed by atoms with van der Waals surface area (Å²) in [7, 11) is -3.28. The van der Waals surface area contributed by atoms with Crippen molar-refractivity contribution in [3.63, 3.8) is 0 Å². The van der Waals surface area contributed by atoms with Gasteiger partial charge in [-0.3, -0.25) is 0 Å². The highest BCUT2D eigenvalue weighted by Crippen LogP contribution is 2.48. The molecule has 0 radical (unpaired) electrons. The highest BCUT2D eigenvalue weighted by Gasteiger charge is 2.34. The minimum absolute atomic E-state index is 0.853. The summed E-state index contributed by atoms with van der Waals surface area (Å²) in [6.07, 6.45) is 0. The van der Waals surface area contributed by atoms with Crippen LogP contribution in [0.3, 0.4) is 0 Å². The normalized spacial score (nSPS) is 12.0. The molecule has 0 aliphatic heterocycles. The van der Waals surface area contributed by atoms with Crippen LogP contribution < -0.4 is 15.9 Å². The van der Waals surface area contributed by atoms with Crippen LogP contribution in [0.15, 0.2) is 140 Å². The summed E-state index contributed by atoms with van der Waals surface area (Å²) >= 11 is 0. The Balaban J connectivity index is 1.71. The minimum Gasteiger partial charge on any atom is -0.309 e. The van der Waals surface area contributed by atoms with Gasteiger partial charge in [-0.25, -0.2) is 0 Å². The largest absolute Gasteiger partial charge is 0.309 e. The SMILES string of the molecule is O=P(c1ccccc1)(c1cc2ccccc2c2ccccc12)c1cc2ccccc2c2ccccc12. The first-order valence-corrected chi connectivity index (χ1v) is 13.9. The topological polar surface area (TPSA) is 17.1 Å². The van der Waals surface area contributed by atoms with Crippen molar-refractivity contribution in [1.82, 2.24) is 0 Å². The first kappa shape index (κ1) is 21.1. The molecule has 0 saturated heterocycles. The van der Waals surface area contributed by atoms with E-state index < -0.39 is 7.14 Å². The summed E-state index contributed by atoms with van der Waals surface area (Å²) in [4.78, 5) is 0. The van der Waals surface area contributed by atoms with Crippen molar-refractivity contribution in [3.05, 3.63) is 140 Å². The van der Waals surface area contributed by atoms with Crippen LogP contribution in [0.5, 0.6) is 0 Å². The highest BCUT2D eigenvalue weighted by molar-refractivity contribution is 7.86. The fraction of sp³-hybridized carbons (Fsp3) is 0. The molecular weight excluding hydrogens is 455 g/mol. The van der Waals surface area contributed by atoms with Crippen molar-refractivity contribution in [2.24, 2.45) is 0 Å². The van der Waals surface area contributed by atoms with Crippen molar-refractivity contribution in [3.8, 4) is 0 Å². The van der Waals surface area contributed by atoms with Crippen LogP contribution >= 0.6 is 7.14 Å². The lowest BCUT2D eigenvalue weighted by atomic mass is 10.0. The molecule has 7 aromatic rings. The smallest absolute Gasteiger partial charge is 0.172 e. The van der Waals surface area contributed by atoms with Gasteiger partial charge >= 0.3 is 0 Å². The third-order valence-electron chi connectivity index (χ3n) is 7.29. The van der Waals surface area contributed by atoms with E-state index in [9.17, 15) is 0 Å². The predicted octanol–water partition coefficient (Wildman–Crippen LogP) is 7.94. The van der Waals surface area contributed by atoms with E-state index in [0.717, 1.165) is 48.2 Å². The number of hydrogen-bond donors (Lipinski definition) is 0. The molecule has 0 amide bonds. The van der Waals surface area contributed by atoms with Gasteiger partial charge in [0.15, 0.2) is 7.14 Å². The maximum atomic E-state index is 15.9. The van der Waals surface area contributed by atoms with Gasteiger partial charge in [0.05, 0.1) is 0 Å². The van der Waals surface area contributed by atoms with Crippen molar-refractivity contribution >= 4 is 66.1 Å². The molecular formula is C34H23OP. The van der Waals surface area contributed by atoms with Crippen LogP contribution in [-0.4, -0.2) is 0 Å². The summed E-state index contributed by atoms with van der Waals surface area (Å²) in [6, 6.07) is 47.9. The zero-order valence-corrected chi connectivity index (χ0v) is 20.5. The number of rotatable bonds is 3. The van der Waals surface area contributed by atoms with Crippen LogP contribution in [0.1, 0.15) is 0 Å². The Morgan fingerprint density at radius 2 is 0.722 bits per heavy atom.